The van der Waals surface area contributed by atoms with Crippen LogP contribution in [0.5, 0.6) is 11.5 Å². The number of rotatable bonds is 4. The van der Waals surface area contributed by atoms with E-state index in [0.717, 1.165) is 5.57 Å². The van der Waals surface area contributed by atoms with Crippen LogP contribution in [0.25, 0.3) is 0 Å². The first-order valence-corrected chi connectivity index (χ1v) is 13.9. The fraction of sp³-hybridized carbons (Fsp3) is 0.500. The maximum absolute atomic E-state index is 13.0. The SMILES string of the molecule is C=CCCc1c(O)cc2c(O)c1CC(C)C[C@H](C)C(O)C(C)/C=C(\C)[C@H](OC(N)=O)[C@@H](C)/C=C\C=C(/C)C(=O)N2. The van der Waals surface area contributed by atoms with Crippen molar-refractivity contribution in [3.8, 4) is 11.5 Å². The van der Waals surface area contributed by atoms with Crippen LogP contribution >= 0.6 is 0 Å². The summed E-state index contributed by atoms with van der Waals surface area (Å²) < 4.78 is 5.42. The highest BCUT2D eigenvalue weighted by molar-refractivity contribution is 6.04. The molecule has 8 nitrogen and oxygen atoms in total. The second-order valence-corrected chi connectivity index (χ2v) is 11.3. The summed E-state index contributed by atoms with van der Waals surface area (Å²) in [6, 6.07) is 1.38. The minimum absolute atomic E-state index is 0.00112. The van der Waals surface area contributed by atoms with Gasteiger partial charge < -0.3 is 31.1 Å². The number of amides is 2. The predicted molar refractivity (Wildman–Crippen MR) is 159 cm³/mol. The molecule has 1 aliphatic rings. The normalized spacial score (nSPS) is 30.2. The lowest BCUT2D eigenvalue weighted by atomic mass is 9.82. The first kappa shape index (κ1) is 32.7. The Labute approximate surface area is 238 Å². The molecule has 6 atom stereocenters. The number of anilines is 1. The molecule has 0 saturated heterocycles. The Kier molecular flexibility index (Phi) is 12.1. The number of nitrogens with one attached hydrogen (secondary N) is 1. The molecule has 2 amide bonds. The molecule has 0 aliphatic carbocycles. The molecule has 3 unspecified atom stereocenters. The average Bonchev–Trinajstić information content (AvgIpc) is 2.88. The van der Waals surface area contributed by atoms with Crippen LogP contribution in [0.3, 0.4) is 0 Å². The van der Waals surface area contributed by atoms with Crippen LogP contribution in [0.2, 0.25) is 0 Å². The van der Waals surface area contributed by atoms with Gasteiger partial charge in [0.05, 0.1) is 11.8 Å². The Bertz CT molecular complexity index is 1170. The molecule has 1 aromatic rings. The molecule has 1 aliphatic heterocycles. The Morgan fingerprint density at radius 3 is 2.50 bits per heavy atom. The molecule has 0 saturated carbocycles. The van der Waals surface area contributed by atoms with E-state index in [1.54, 1.807) is 31.2 Å². The van der Waals surface area contributed by atoms with Crippen LogP contribution in [-0.4, -0.2) is 39.5 Å². The van der Waals surface area contributed by atoms with Gasteiger partial charge in [0.25, 0.3) is 5.91 Å². The standard InChI is InChI=1S/C32H46N2O6/c1-8-9-13-24-25-15-18(2)14-21(5)28(36)22(6)16-23(7)30(40-32(33)39)19(3)11-10-12-20(4)31(38)34-26(29(25)37)17-27(24)35/h8,10-12,16-19,21-22,28,30,35-37H,1,9,13-15H2,2-7H3,(H2,33,39)(H,34,38)/b11-10-,20-12+,23-16+/t18?,19-,21-,22?,28?,30+/m0/s1. The number of phenols is 2. The summed E-state index contributed by atoms with van der Waals surface area (Å²) in [6.07, 6.45) is 8.78. The van der Waals surface area contributed by atoms with Crippen LogP contribution in [-0.2, 0) is 22.4 Å². The van der Waals surface area contributed by atoms with Crippen molar-refractivity contribution in [1.29, 1.82) is 0 Å². The smallest absolute Gasteiger partial charge is 0.405 e. The average molecular weight is 555 g/mol. The van der Waals surface area contributed by atoms with E-state index in [1.807, 2.05) is 40.7 Å². The Morgan fingerprint density at radius 2 is 1.88 bits per heavy atom. The third-order valence-electron chi connectivity index (χ3n) is 7.60. The van der Waals surface area contributed by atoms with Crippen molar-refractivity contribution in [3.63, 3.8) is 0 Å². The van der Waals surface area contributed by atoms with Gasteiger partial charge in [-0.2, -0.15) is 0 Å². The van der Waals surface area contributed by atoms with E-state index in [1.165, 1.54) is 6.07 Å². The number of carbonyl (C=O) groups is 2. The highest BCUT2D eigenvalue weighted by Gasteiger charge is 2.27. The van der Waals surface area contributed by atoms with E-state index in [9.17, 15) is 24.9 Å². The molecule has 1 heterocycles. The molecule has 220 valence electrons. The van der Waals surface area contributed by atoms with Gasteiger partial charge in [-0.25, -0.2) is 4.79 Å². The monoisotopic (exact) mass is 554 g/mol. The van der Waals surface area contributed by atoms with Crippen molar-refractivity contribution in [2.45, 2.75) is 79.4 Å². The highest BCUT2D eigenvalue weighted by atomic mass is 16.6. The van der Waals surface area contributed by atoms with Crippen LogP contribution in [0.15, 0.2) is 54.2 Å². The summed E-state index contributed by atoms with van der Waals surface area (Å²) in [5.41, 5.74) is 7.82. The lowest BCUT2D eigenvalue weighted by Crippen LogP contribution is -2.30. The van der Waals surface area contributed by atoms with E-state index in [4.69, 9.17) is 10.5 Å². The minimum atomic E-state index is -0.893. The van der Waals surface area contributed by atoms with Crippen LogP contribution in [0.4, 0.5) is 10.5 Å². The third kappa shape index (κ3) is 8.74. The molecule has 40 heavy (non-hydrogen) atoms. The summed E-state index contributed by atoms with van der Waals surface area (Å²) in [7, 11) is 0. The largest absolute Gasteiger partial charge is 0.508 e. The first-order chi connectivity index (χ1) is 18.8. The van der Waals surface area contributed by atoms with Gasteiger partial charge in [-0.05, 0) is 56.9 Å². The van der Waals surface area contributed by atoms with Gasteiger partial charge in [0, 0.05) is 34.6 Å². The predicted octanol–water partition coefficient (Wildman–Crippen LogP) is 5.92. The Morgan fingerprint density at radius 1 is 1.20 bits per heavy atom. The topological polar surface area (TPSA) is 142 Å². The molecule has 0 spiro atoms. The fourth-order valence-corrected chi connectivity index (χ4v) is 5.44. The van der Waals surface area contributed by atoms with Gasteiger partial charge in [-0.3, -0.25) is 4.79 Å². The van der Waals surface area contributed by atoms with Crippen molar-refractivity contribution in [2.75, 3.05) is 5.32 Å². The second-order valence-electron chi connectivity index (χ2n) is 11.3. The number of aliphatic hydroxyl groups is 1. The lowest BCUT2D eigenvalue weighted by Gasteiger charge is -2.28. The molecule has 2 rings (SSSR count). The molecular formula is C32H46N2O6. The van der Waals surface area contributed by atoms with Gasteiger partial charge in [0.15, 0.2) is 0 Å². The van der Waals surface area contributed by atoms with Crippen molar-refractivity contribution in [1.82, 2.24) is 0 Å². The molecule has 0 radical (unpaired) electrons. The number of aromatic hydroxyl groups is 2. The maximum Gasteiger partial charge on any atom is 0.405 e. The third-order valence-corrected chi connectivity index (χ3v) is 7.60. The Balaban J connectivity index is 2.60. The quantitative estimate of drug-likeness (QED) is 0.178. The van der Waals surface area contributed by atoms with Crippen molar-refractivity contribution < 1.29 is 29.6 Å². The lowest BCUT2D eigenvalue weighted by molar-refractivity contribution is -0.112. The number of phenolic OH excluding ortho intramolecular Hbond substituents is 2. The number of allylic oxidation sites excluding steroid dienone is 3. The highest BCUT2D eigenvalue weighted by Crippen LogP contribution is 2.40. The van der Waals surface area contributed by atoms with Gasteiger partial charge in [-0.15, -0.1) is 6.58 Å². The van der Waals surface area contributed by atoms with Crippen LogP contribution in [0, 0.1) is 23.7 Å². The Hall–Kier alpha value is -3.52. The molecule has 0 fully saturated rings. The first-order valence-electron chi connectivity index (χ1n) is 13.9. The molecule has 1 aromatic carbocycles. The van der Waals surface area contributed by atoms with Crippen molar-refractivity contribution in [2.24, 2.45) is 29.4 Å². The molecular weight excluding hydrogens is 508 g/mol. The zero-order valence-corrected chi connectivity index (χ0v) is 24.6. The summed E-state index contributed by atoms with van der Waals surface area (Å²) in [6.45, 7) is 15.1. The summed E-state index contributed by atoms with van der Waals surface area (Å²) in [5, 5.41) is 36.0. The number of hydrogen-bond acceptors (Lipinski definition) is 6. The zero-order chi connectivity index (χ0) is 30.1. The molecule has 8 heteroatoms. The number of primary amides is 1. The molecule has 2 bridgehead atoms. The number of aliphatic hydroxyl groups excluding tert-OH is 1. The number of benzene rings is 1. The van der Waals surface area contributed by atoms with E-state index in [-0.39, 0.29) is 40.9 Å². The summed E-state index contributed by atoms with van der Waals surface area (Å²) in [5.74, 6) is -1.06. The molecule has 6 N–H and O–H groups in total. The van der Waals surface area contributed by atoms with Gasteiger partial charge in [0.1, 0.15) is 17.6 Å². The number of ether oxygens (including phenoxy) is 1. The van der Waals surface area contributed by atoms with Crippen molar-refractivity contribution >= 4 is 17.7 Å². The van der Waals surface area contributed by atoms with Crippen LogP contribution < -0.4 is 11.1 Å². The maximum atomic E-state index is 13.0. The zero-order valence-electron chi connectivity index (χ0n) is 24.6. The number of nitrogens with two attached hydrogens (primary N) is 1. The summed E-state index contributed by atoms with van der Waals surface area (Å²) in [4.78, 5) is 24.6. The fourth-order valence-electron chi connectivity index (χ4n) is 5.44. The minimum Gasteiger partial charge on any atom is -0.508 e. The van der Waals surface area contributed by atoms with Gasteiger partial charge in [-0.1, -0.05) is 58.1 Å². The molecule has 0 aromatic heterocycles. The van der Waals surface area contributed by atoms with E-state index in [0.29, 0.717) is 42.4 Å². The number of fused-ring (bicyclic) bond motifs is 2. The number of carbonyl (C=O) groups excluding carboxylic acids is 2. The van der Waals surface area contributed by atoms with E-state index in [2.05, 4.69) is 11.9 Å². The van der Waals surface area contributed by atoms with E-state index < -0.39 is 24.2 Å². The second kappa shape index (κ2) is 14.7. The van der Waals surface area contributed by atoms with E-state index >= 15 is 0 Å². The summed E-state index contributed by atoms with van der Waals surface area (Å²) >= 11 is 0. The van der Waals surface area contributed by atoms with Crippen LogP contribution in [0.1, 0.15) is 65.5 Å². The van der Waals surface area contributed by atoms with Gasteiger partial charge >= 0.3 is 6.09 Å². The number of hydrogen-bond donors (Lipinski definition) is 5. The van der Waals surface area contributed by atoms with Crippen molar-refractivity contribution in [3.05, 3.63) is 65.3 Å². The van der Waals surface area contributed by atoms with Gasteiger partial charge in [0.2, 0.25) is 0 Å².